The Morgan fingerprint density at radius 2 is 2.00 bits per heavy atom. The maximum Gasteiger partial charge on any atom is 0.313 e. The van der Waals surface area contributed by atoms with Gasteiger partial charge >= 0.3 is 11.8 Å². The van der Waals surface area contributed by atoms with E-state index < -0.39 is 11.8 Å². The number of amides is 2. The number of carbonyl (C=O) groups is 2. The molecule has 1 aliphatic heterocycles. The lowest BCUT2D eigenvalue weighted by molar-refractivity contribution is -0.136. The van der Waals surface area contributed by atoms with E-state index in [2.05, 4.69) is 15.5 Å². The first-order valence-electron chi connectivity index (χ1n) is 7.44. The summed E-state index contributed by atoms with van der Waals surface area (Å²) in [6, 6.07) is 4.21. The van der Waals surface area contributed by atoms with Gasteiger partial charge in [0.05, 0.1) is 18.9 Å². The lowest BCUT2D eigenvalue weighted by atomic mass is 10.3. The van der Waals surface area contributed by atoms with Crippen molar-refractivity contribution in [1.29, 1.82) is 0 Å². The topological polar surface area (TPSA) is 90.9 Å². The highest BCUT2D eigenvalue weighted by Gasteiger charge is 2.15. The molecule has 0 aliphatic carbocycles. The van der Waals surface area contributed by atoms with E-state index in [0.717, 1.165) is 39.3 Å². The third-order valence-corrected chi connectivity index (χ3v) is 3.69. The Labute approximate surface area is 139 Å². The number of hydrogen-bond acceptors (Lipinski definition) is 5. The summed E-state index contributed by atoms with van der Waals surface area (Å²) in [4.78, 5) is 25.7. The first-order valence-corrected chi connectivity index (χ1v) is 7.82. The van der Waals surface area contributed by atoms with Gasteiger partial charge in [-0.25, -0.2) is 0 Å². The second-order valence-corrected chi connectivity index (χ2v) is 5.62. The average molecular weight is 342 g/mol. The Bertz CT molecular complexity index is 562. The number of phenols is 1. The number of benzene rings is 1. The summed E-state index contributed by atoms with van der Waals surface area (Å²) < 4.78 is 5.26. The summed E-state index contributed by atoms with van der Waals surface area (Å²) in [6.45, 7) is 4.51. The fourth-order valence-electron chi connectivity index (χ4n) is 2.20. The summed E-state index contributed by atoms with van der Waals surface area (Å²) in [5, 5.41) is 14.8. The maximum absolute atomic E-state index is 11.8. The summed E-state index contributed by atoms with van der Waals surface area (Å²) >= 11 is 5.78. The van der Waals surface area contributed by atoms with E-state index in [0.29, 0.717) is 11.6 Å². The van der Waals surface area contributed by atoms with Gasteiger partial charge in [0.1, 0.15) is 5.75 Å². The minimum Gasteiger partial charge on any atom is -0.506 e. The number of hydrogen-bond donors (Lipinski definition) is 3. The predicted octanol–water partition coefficient (Wildman–Crippen LogP) is 0.823. The standard InChI is InChI=1S/C15H20ClN3O4/c16-11-2-3-13(20)12(10-11)18-15(22)14(21)17-4-1-5-19-6-8-23-9-7-19/h2-3,10,20H,1,4-9H2,(H,17,21)(H,18,22). The fourth-order valence-corrected chi connectivity index (χ4v) is 2.37. The number of anilines is 1. The van der Waals surface area contributed by atoms with Crippen LogP contribution in [-0.2, 0) is 14.3 Å². The molecule has 1 saturated heterocycles. The van der Waals surface area contributed by atoms with Crippen LogP contribution < -0.4 is 10.6 Å². The molecule has 126 valence electrons. The summed E-state index contributed by atoms with van der Waals surface area (Å²) in [6.07, 6.45) is 0.751. The van der Waals surface area contributed by atoms with Crippen molar-refractivity contribution >= 4 is 29.1 Å². The highest BCUT2D eigenvalue weighted by atomic mass is 35.5. The van der Waals surface area contributed by atoms with Gasteiger partial charge in [-0.2, -0.15) is 0 Å². The molecule has 1 aromatic rings. The first-order chi connectivity index (χ1) is 11.1. The highest BCUT2D eigenvalue weighted by molar-refractivity contribution is 6.40. The third-order valence-electron chi connectivity index (χ3n) is 3.45. The molecule has 8 heteroatoms. The van der Waals surface area contributed by atoms with Gasteiger partial charge in [-0.05, 0) is 31.2 Å². The van der Waals surface area contributed by atoms with Gasteiger partial charge in [-0.1, -0.05) is 11.6 Å². The van der Waals surface area contributed by atoms with Gasteiger partial charge < -0.3 is 20.5 Å². The van der Waals surface area contributed by atoms with Crippen molar-refractivity contribution in [3.05, 3.63) is 23.2 Å². The number of nitrogens with zero attached hydrogens (tertiary/aromatic N) is 1. The number of carbonyl (C=O) groups excluding carboxylic acids is 2. The van der Waals surface area contributed by atoms with Crippen LogP contribution in [0.1, 0.15) is 6.42 Å². The van der Waals surface area contributed by atoms with Crippen LogP contribution in [0.4, 0.5) is 5.69 Å². The zero-order chi connectivity index (χ0) is 16.7. The average Bonchev–Trinajstić information content (AvgIpc) is 2.55. The summed E-state index contributed by atoms with van der Waals surface area (Å²) in [7, 11) is 0. The van der Waals surface area contributed by atoms with E-state index in [1.54, 1.807) is 0 Å². The molecule has 7 nitrogen and oxygen atoms in total. The van der Waals surface area contributed by atoms with Crippen LogP contribution in [0.3, 0.4) is 0 Å². The van der Waals surface area contributed by atoms with E-state index in [4.69, 9.17) is 16.3 Å². The summed E-state index contributed by atoms with van der Waals surface area (Å²) in [5.74, 6) is -1.73. The number of rotatable bonds is 5. The van der Waals surface area contributed by atoms with Crippen LogP contribution in [0.5, 0.6) is 5.75 Å². The summed E-state index contributed by atoms with van der Waals surface area (Å²) in [5.41, 5.74) is 0.103. The SMILES string of the molecule is O=C(NCCCN1CCOCC1)C(=O)Nc1cc(Cl)ccc1O. The molecular weight excluding hydrogens is 322 g/mol. The number of ether oxygens (including phenoxy) is 1. The first kappa shape index (κ1) is 17.5. The third kappa shape index (κ3) is 5.70. The van der Waals surface area contributed by atoms with E-state index >= 15 is 0 Å². The van der Waals surface area contributed by atoms with Crippen molar-refractivity contribution in [3.8, 4) is 5.75 Å². The lowest BCUT2D eigenvalue weighted by Gasteiger charge is -2.26. The largest absolute Gasteiger partial charge is 0.506 e. The molecule has 2 rings (SSSR count). The van der Waals surface area contributed by atoms with E-state index in [-0.39, 0.29) is 11.4 Å². The molecule has 1 fully saturated rings. The van der Waals surface area contributed by atoms with Crippen molar-refractivity contribution in [2.45, 2.75) is 6.42 Å². The molecule has 2 amide bonds. The number of phenolic OH excluding ortho intramolecular Hbond substituents is 1. The van der Waals surface area contributed by atoms with Gasteiger partial charge in [0, 0.05) is 24.7 Å². The van der Waals surface area contributed by atoms with Crippen molar-refractivity contribution < 1.29 is 19.4 Å². The Balaban J connectivity index is 1.70. The van der Waals surface area contributed by atoms with Crippen LogP contribution in [0.2, 0.25) is 5.02 Å². The predicted molar refractivity (Wildman–Crippen MR) is 86.6 cm³/mol. The molecule has 0 unspecified atom stereocenters. The van der Waals surface area contributed by atoms with Crippen LogP contribution in [0.15, 0.2) is 18.2 Å². The van der Waals surface area contributed by atoms with Crippen molar-refractivity contribution in [3.63, 3.8) is 0 Å². The molecule has 0 bridgehead atoms. The molecule has 1 aliphatic rings. The number of aromatic hydroxyl groups is 1. The van der Waals surface area contributed by atoms with Crippen molar-refractivity contribution in [2.24, 2.45) is 0 Å². The van der Waals surface area contributed by atoms with Gasteiger partial charge in [-0.15, -0.1) is 0 Å². The molecule has 0 atom stereocenters. The van der Waals surface area contributed by atoms with Gasteiger partial charge in [0.2, 0.25) is 0 Å². The van der Waals surface area contributed by atoms with Gasteiger partial charge in [0.25, 0.3) is 0 Å². The molecule has 1 heterocycles. The lowest BCUT2D eigenvalue weighted by Crippen LogP contribution is -2.39. The van der Waals surface area contributed by atoms with E-state index in [9.17, 15) is 14.7 Å². The Morgan fingerprint density at radius 1 is 1.26 bits per heavy atom. The normalized spacial score (nSPS) is 15.2. The maximum atomic E-state index is 11.8. The zero-order valence-corrected chi connectivity index (χ0v) is 13.4. The molecule has 0 radical (unpaired) electrons. The molecule has 23 heavy (non-hydrogen) atoms. The number of morpholine rings is 1. The van der Waals surface area contributed by atoms with E-state index in [1.165, 1.54) is 18.2 Å². The molecule has 0 aromatic heterocycles. The minimum absolute atomic E-state index is 0.103. The van der Waals surface area contributed by atoms with Crippen LogP contribution in [0, 0.1) is 0 Å². The van der Waals surface area contributed by atoms with Crippen molar-refractivity contribution in [2.75, 3.05) is 44.7 Å². The monoisotopic (exact) mass is 341 g/mol. The quantitative estimate of drug-likeness (QED) is 0.419. The van der Waals surface area contributed by atoms with Gasteiger partial charge in [0.15, 0.2) is 0 Å². The molecule has 0 spiro atoms. The van der Waals surface area contributed by atoms with Crippen LogP contribution in [0.25, 0.3) is 0 Å². The van der Waals surface area contributed by atoms with Crippen molar-refractivity contribution in [1.82, 2.24) is 10.2 Å². The molecule has 3 N–H and O–H groups in total. The fraction of sp³-hybridized carbons (Fsp3) is 0.467. The smallest absolute Gasteiger partial charge is 0.313 e. The Kier molecular flexibility index (Phi) is 6.64. The molecular formula is C15H20ClN3O4. The number of nitrogens with one attached hydrogen (secondary N) is 2. The second-order valence-electron chi connectivity index (χ2n) is 5.18. The van der Waals surface area contributed by atoms with Crippen LogP contribution >= 0.6 is 11.6 Å². The van der Waals surface area contributed by atoms with E-state index in [1.807, 2.05) is 0 Å². The second kappa shape index (κ2) is 8.71. The van der Waals surface area contributed by atoms with Gasteiger partial charge in [-0.3, -0.25) is 14.5 Å². The molecule has 1 aromatic carbocycles. The molecule has 0 saturated carbocycles. The minimum atomic E-state index is -0.839. The number of halogens is 1. The Hall–Kier alpha value is -1.83. The highest BCUT2D eigenvalue weighted by Crippen LogP contribution is 2.26. The zero-order valence-electron chi connectivity index (χ0n) is 12.7. The Morgan fingerprint density at radius 3 is 2.74 bits per heavy atom. The van der Waals surface area contributed by atoms with Crippen LogP contribution in [-0.4, -0.2) is 61.2 Å².